The predicted molar refractivity (Wildman–Crippen MR) is 76.2 cm³/mol. The van der Waals surface area contributed by atoms with E-state index in [1.165, 1.54) is 11.3 Å². The fourth-order valence-corrected chi connectivity index (χ4v) is 2.46. The number of carbonyl (C=O) groups excluding carboxylic acids is 1. The molecule has 0 saturated heterocycles. The first-order valence-corrected chi connectivity index (χ1v) is 6.90. The third-order valence-electron chi connectivity index (χ3n) is 2.70. The van der Waals surface area contributed by atoms with E-state index in [9.17, 15) is 4.79 Å². The molecule has 1 aromatic heterocycles. The second kappa shape index (κ2) is 5.82. The van der Waals surface area contributed by atoms with Crippen molar-refractivity contribution in [1.82, 2.24) is 9.88 Å². The molecule has 0 aliphatic rings. The van der Waals surface area contributed by atoms with E-state index < -0.39 is 0 Å². The Morgan fingerprint density at radius 1 is 1.44 bits per heavy atom. The highest BCUT2D eigenvalue weighted by molar-refractivity contribution is 7.22. The first kappa shape index (κ1) is 12.8. The summed E-state index contributed by atoms with van der Waals surface area (Å²) in [6.45, 7) is 2.88. The van der Waals surface area contributed by atoms with Gasteiger partial charge in [-0.15, -0.1) is 0 Å². The largest absolute Gasteiger partial charge is 0.328 e. The van der Waals surface area contributed by atoms with E-state index in [2.05, 4.69) is 17.2 Å². The summed E-state index contributed by atoms with van der Waals surface area (Å²) in [4.78, 5) is 17.9. The number of nitrogens with zero attached hydrogens (tertiary/aromatic N) is 2. The van der Waals surface area contributed by atoms with Crippen LogP contribution in [-0.4, -0.2) is 29.5 Å². The Bertz CT molecular complexity index is 505. The summed E-state index contributed by atoms with van der Waals surface area (Å²) in [5, 5.41) is 3.49. The zero-order valence-corrected chi connectivity index (χ0v) is 11.5. The van der Waals surface area contributed by atoms with Crippen LogP contribution in [0.2, 0.25) is 0 Å². The average Bonchev–Trinajstić information content (AvgIpc) is 2.77. The predicted octanol–water partition coefficient (Wildman–Crippen LogP) is 3.56. The number of hydrogen-bond acceptors (Lipinski definition) is 3. The maximum atomic E-state index is 11.9. The molecule has 96 valence electrons. The van der Waals surface area contributed by atoms with Gasteiger partial charge in [0.15, 0.2) is 5.13 Å². The summed E-state index contributed by atoms with van der Waals surface area (Å²) in [5.74, 6) is 0. The molecule has 0 saturated carbocycles. The molecule has 0 spiro atoms. The fourth-order valence-electron chi connectivity index (χ4n) is 1.61. The van der Waals surface area contributed by atoms with Gasteiger partial charge in [0.1, 0.15) is 0 Å². The number of amides is 2. The average molecular weight is 263 g/mol. The fraction of sp³-hybridized carbons (Fsp3) is 0.385. The van der Waals surface area contributed by atoms with Gasteiger partial charge in [0, 0.05) is 13.6 Å². The van der Waals surface area contributed by atoms with Crippen LogP contribution in [0.1, 0.15) is 19.8 Å². The number of hydrogen-bond donors (Lipinski definition) is 1. The number of carbonyl (C=O) groups is 1. The first-order chi connectivity index (χ1) is 8.70. The molecule has 0 radical (unpaired) electrons. The highest BCUT2D eigenvalue weighted by Crippen LogP contribution is 2.25. The minimum atomic E-state index is -0.0949. The molecule has 5 heteroatoms. The second-order valence-electron chi connectivity index (χ2n) is 4.19. The van der Waals surface area contributed by atoms with E-state index in [0.717, 1.165) is 29.6 Å². The van der Waals surface area contributed by atoms with Gasteiger partial charge >= 0.3 is 6.03 Å². The summed E-state index contributed by atoms with van der Waals surface area (Å²) in [6, 6.07) is 7.77. The van der Waals surface area contributed by atoms with E-state index in [1.807, 2.05) is 24.3 Å². The Kier molecular flexibility index (Phi) is 4.15. The third kappa shape index (κ3) is 2.98. The summed E-state index contributed by atoms with van der Waals surface area (Å²) in [7, 11) is 1.80. The molecule has 0 aliphatic carbocycles. The van der Waals surface area contributed by atoms with Crippen molar-refractivity contribution < 1.29 is 4.79 Å². The minimum Gasteiger partial charge on any atom is -0.328 e. The molecule has 18 heavy (non-hydrogen) atoms. The molecule has 0 bridgehead atoms. The summed E-state index contributed by atoms with van der Waals surface area (Å²) in [6.07, 6.45) is 2.10. The van der Waals surface area contributed by atoms with Crippen LogP contribution in [0.25, 0.3) is 10.2 Å². The summed E-state index contributed by atoms with van der Waals surface area (Å²) in [5.41, 5.74) is 0.925. The minimum absolute atomic E-state index is 0.0949. The Balaban J connectivity index is 2.02. The number of anilines is 1. The Morgan fingerprint density at radius 3 is 2.94 bits per heavy atom. The van der Waals surface area contributed by atoms with Crippen LogP contribution >= 0.6 is 11.3 Å². The van der Waals surface area contributed by atoms with Gasteiger partial charge in [-0.2, -0.15) is 0 Å². The van der Waals surface area contributed by atoms with E-state index in [0.29, 0.717) is 5.13 Å². The maximum Gasteiger partial charge on any atom is 0.323 e. The zero-order chi connectivity index (χ0) is 13.0. The lowest BCUT2D eigenvalue weighted by molar-refractivity contribution is 0.222. The number of nitrogens with one attached hydrogen (secondary N) is 1. The molecule has 1 heterocycles. The molecule has 1 aromatic carbocycles. The Labute approximate surface area is 111 Å². The van der Waals surface area contributed by atoms with E-state index >= 15 is 0 Å². The molecular formula is C13H17N3OS. The topological polar surface area (TPSA) is 45.2 Å². The third-order valence-corrected chi connectivity index (χ3v) is 3.65. The Morgan fingerprint density at radius 2 is 2.22 bits per heavy atom. The maximum absolute atomic E-state index is 11.9. The number of rotatable bonds is 4. The SMILES string of the molecule is CCCCN(C)C(=O)Nc1nc2ccccc2s1. The Hall–Kier alpha value is -1.62. The van der Waals surface area contributed by atoms with Crippen molar-refractivity contribution in [2.75, 3.05) is 18.9 Å². The van der Waals surface area contributed by atoms with Crippen molar-refractivity contribution in [3.05, 3.63) is 24.3 Å². The lowest BCUT2D eigenvalue weighted by Crippen LogP contribution is -2.32. The summed E-state index contributed by atoms with van der Waals surface area (Å²) < 4.78 is 1.09. The number of fused-ring (bicyclic) bond motifs is 1. The van der Waals surface area contributed by atoms with Crippen LogP contribution in [0.15, 0.2) is 24.3 Å². The molecule has 2 amide bonds. The molecule has 2 aromatic rings. The van der Waals surface area contributed by atoms with Gasteiger partial charge in [0.25, 0.3) is 0 Å². The van der Waals surface area contributed by atoms with Crippen molar-refractivity contribution in [2.45, 2.75) is 19.8 Å². The van der Waals surface area contributed by atoms with Crippen molar-refractivity contribution in [1.29, 1.82) is 0 Å². The molecule has 0 atom stereocenters. The van der Waals surface area contributed by atoms with Gasteiger partial charge in [-0.3, -0.25) is 5.32 Å². The highest BCUT2D eigenvalue weighted by atomic mass is 32.1. The van der Waals surface area contributed by atoms with Crippen molar-refractivity contribution in [3.63, 3.8) is 0 Å². The molecule has 4 nitrogen and oxygen atoms in total. The number of thiazole rings is 1. The van der Waals surface area contributed by atoms with Crippen LogP contribution < -0.4 is 5.32 Å². The van der Waals surface area contributed by atoms with Crippen molar-refractivity contribution in [2.24, 2.45) is 0 Å². The highest BCUT2D eigenvalue weighted by Gasteiger charge is 2.10. The van der Waals surface area contributed by atoms with Crippen molar-refractivity contribution >= 4 is 32.7 Å². The molecule has 2 rings (SSSR count). The van der Waals surface area contributed by atoms with E-state index in [4.69, 9.17) is 0 Å². The zero-order valence-electron chi connectivity index (χ0n) is 10.6. The summed E-state index contributed by atoms with van der Waals surface area (Å²) >= 11 is 1.50. The number of benzene rings is 1. The molecular weight excluding hydrogens is 246 g/mol. The van der Waals surface area contributed by atoms with Gasteiger partial charge in [-0.05, 0) is 18.6 Å². The number of urea groups is 1. The van der Waals surface area contributed by atoms with Gasteiger partial charge in [0.2, 0.25) is 0 Å². The van der Waals surface area contributed by atoms with Crippen LogP contribution in [-0.2, 0) is 0 Å². The van der Waals surface area contributed by atoms with E-state index in [-0.39, 0.29) is 6.03 Å². The second-order valence-corrected chi connectivity index (χ2v) is 5.22. The lowest BCUT2D eigenvalue weighted by Gasteiger charge is -2.16. The van der Waals surface area contributed by atoms with Gasteiger partial charge in [-0.1, -0.05) is 36.8 Å². The van der Waals surface area contributed by atoms with Crippen LogP contribution in [0.5, 0.6) is 0 Å². The molecule has 0 unspecified atom stereocenters. The molecule has 0 aliphatic heterocycles. The van der Waals surface area contributed by atoms with Crippen LogP contribution in [0.3, 0.4) is 0 Å². The van der Waals surface area contributed by atoms with E-state index in [1.54, 1.807) is 11.9 Å². The first-order valence-electron chi connectivity index (χ1n) is 6.08. The van der Waals surface area contributed by atoms with Crippen molar-refractivity contribution in [3.8, 4) is 0 Å². The normalized spacial score (nSPS) is 10.6. The van der Waals surface area contributed by atoms with Gasteiger partial charge in [-0.25, -0.2) is 9.78 Å². The van der Waals surface area contributed by atoms with Crippen LogP contribution in [0, 0.1) is 0 Å². The molecule has 1 N–H and O–H groups in total. The number of unbranched alkanes of at least 4 members (excludes halogenated alkanes) is 1. The number of para-hydroxylation sites is 1. The quantitative estimate of drug-likeness (QED) is 0.916. The van der Waals surface area contributed by atoms with Gasteiger partial charge in [0.05, 0.1) is 10.2 Å². The van der Waals surface area contributed by atoms with Crippen LogP contribution in [0.4, 0.5) is 9.93 Å². The lowest BCUT2D eigenvalue weighted by atomic mass is 10.3. The monoisotopic (exact) mass is 263 g/mol. The molecule has 0 fully saturated rings. The smallest absolute Gasteiger partial charge is 0.323 e. The number of aromatic nitrogens is 1. The standard InChI is InChI=1S/C13H17N3OS/c1-3-4-9-16(2)13(17)15-12-14-10-7-5-6-8-11(10)18-12/h5-8H,3-4,9H2,1-2H3,(H,14,15,17). The van der Waals surface area contributed by atoms with Gasteiger partial charge < -0.3 is 4.90 Å².